The lowest BCUT2D eigenvalue weighted by Crippen LogP contribution is -2.35. The molecule has 0 aliphatic rings. The highest BCUT2D eigenvalue weighted by Gasteiger charge is 2.16. The molecule has 0 saturated heterocycles. The molecule has 0 aliphatic carbocycles. The van der Waals surface area contributed by atoms with E-state index in [1.54, 1.807) is 41.5 Å². The van der Waals surface area contributed by atoms with Crippen molar-refractivity contribution in [3.63, 3.8) is 0 Å². The predicted octanol–water partition coefficient (Wildman–Crippen LogP) is 2.59. The molecule has 2 rings (SSSR count). The number of carbonyl (C=O) groups excluding carboxylic acids is 1. The minimum atomic E-state index is -0.519. The Bertz CT molecular complexity index is 583. The number of nitrogens with zero attached hydrogens (tertiary/aromatic N) is 2. The minimum Gasteiger partial charge on any atom is -0.323 e. The third kappa shape index (κ3) is 3.18. The zero-order valence-corrected chi connectivity index (χ0v) is 12.0. The van der Waals surface area contributed by atoms with Crippen molar-refractivity contribution in [2.75, 3.05) is 5.32 Å². The largest absolute Gasteiger partial charge is 0.323 e. The molecule has 1 atom stereocenters. The summed E-state index contributed by atoms with van der Waals surface area (Å²) in [5.41, 5.74) is 7.12. The number of hydrogen-bond acceptors (Lipinski definition) is 3. The van der Waals surface area contributed by atoms with Gasteiger partial charge in [0.2, 0.25) is 5.91 Å². The van der Waals surface area contributed by atoms with Crippen LogP contribution in [-0.2, 0) is 4.79 Å². The van der Waals surface area contributed by atoms with Crippen molar-refractivity contribution >= 4 is 23.2 Å². The fourth-order valence-electron chi connectivity index (χ4n) is 1.94. The quantitative estimate of drug-likeness (QED) is 0.889. The molecule has 0 spiro atoms. The number of benzene rings is 1. The molecule has 20 heavy (non-hydrogen) atoms. The first-order valence-electron chi connectivity index (χ1n) is 6.46. The summed E-state index contributed by atoms with van der Waals surface area (Å²) in [6.45, 7) is 1.99. The third-order valence-electron chi connectivity index (χ3n) is 2.94. The van der Waals surface area contributed by atoms with Crippen molar-refractivity contribution in [2.45, 2.75) is 25.8 Å². The first-order chi connectivity index (χ1) is 9.63. The number of rotatable bonds is 5. The number of halogens is 1. The van der Waals surface area contributed by atoms with Crippen molar-refractivity contribution in [3.05, 3.63) is 41.9 Å². The SMILES string of the molecule is CCC[C@@H](N)C(=O)Nc1cccc(Cl)c1-n1ccnc1. The van der Waals surface area contributed by atoms with Gasteiger partial charge in [0, 0.05) is 12.4 Å². The van der Waals surface area contributed by atoms with Gasteiger partial charge in [-0.1, -0.05) is 31.0 Å². The Morgan fingerprint density at radius 1 is 1.55 bits per heavy atom. The van der Waals surface area contributed by atoms with Crippen LogP contribution in [-0.4, -0.2) is 21.5 Å². The summed E-state index contributed by atoms with van der Waals surface area (Å²) in [4.78, 5) is 16.0. The average Bonchev–Trinajstić information content (AvgIpc) is 2.92. The van der Waals surface area contributed by atoms with Gasteiger partial charge in [0.25, 0.3) is 0 Å². The van der Waals surface area contributed by atoms with Gasteiger partial charge in [-0.2, -0.15) is 0 Å². The van der Waals surface area contributed by atoms with Gasteiger partial charge in [-0.15, -0.1) is 0 Å². The monoisotopic (exact) mass is 292 g/mol. The van der Waals surface area contributed by atoms with E-state index in [1.807, 2.05) is 6.92 Å². The molecule has 0 unspecified atom stereocenters. The predicted molar refractivity (Wildman–Crippen MR) is 80.1 cm³/mol. The van der Waals surface area contributed by atoms with Gasteiger partial charge < -0.3 is 15.6 Å². The fourth-order valence-corrected chi connectivity index (χ4v) is 2.21. The molecule has 1 heterocycles. The molecule has 0 saturated carbocycles. The van der Waals surface area contributed by atoms with Gasteiger partial charge in [0.05, 0.1) is 28.8 Å². The summed E-state index contributed by atoms with van der Waals surface area (Å²) in [6.07, 6.45) is 6.55. The highest BCUT2D eigenvalue weighted by Crippen LogP contribution is 2.28. The van der Waals surface area contributed by atoms with E-state index in [2.05, 4.69) is 10.3 Å². The van der Waals surface area contributed by atoms with E-state index in [0.29, 0.717) is 22.8 Å². The van der Waals surface area contributed by atoms with E-state index in [9.17, 15) is 4.79 Å². The smallest absolute Gasteiger partial charge is 0.241 e. The highest BCUT2D eigenvalue weighted by molar-refractivity contribution is 6.33. The Balaban J connectivity index is 2.29. The Hall–Kier alpha value is -1.85. The lowest BCUT2D eigenvalue weighted by Gasteiger charge is -2.15. The van der Waals surface area contributed by atoms with Crippen molar-refractivity contribution < 1.29 is 4.79 Å². The molecule has 5 nitrogen and oxygen atoms in total. The summed E-state index contributed by atoms with van der Waals surface area (Å²) < 4.78 is 1.75. The number of anilines is 1. The number of hydrogen-bond donors (Lipinski definition) is 2. The lowest BCUT2D eigenvalue weighted by atomic mass is 10.1. The molecule has 1 aromatic heterocycles. The van der Waals surface area contributed by atoms with E-state index in [0.717, 1.165) is 6.42 Å². The molecular weight excluding hydrogens is 276 g/mol. The number of amides is 1. The summed E-state index contributed by atoms with van der Waals surface area (Å²) in [7, 11) is 0. The first-order valence-corrected chi connectivity index (χ1v) is 6.84. The average molecular weight is 293 g/mol. The lowest BCUT2D eigenvalue weighted by molar-refractivity contribution is -0.117. The van der Waals surface area contributed by atoms with Crippen LogP contribution in [0.5, 0.6) is 0 Å². The van der Waals surface area contributed by atoms with E-state index in [-0.39, 0.29) is 5.91 Å². The molecule has 1 aromatic carbocycles. The van der Waals surface area contributed by atoms with Crippen LogP contribution in [0.15, 0.2) is 36.9 Å². The van der Waals surface area contributed by atoms with E-state index >= 15 is 0 Å². The van der Waals surface area contributed by atoms with Crippen LogP contribution < -0.4 is 11.1 Å². The Labute approximate surface area is 122 Å². The second-order valence-corrected chi connectivity index (χ2v) is 4.90. The second kappa shape index (κ2) is 6.54. The standard InChI is InChI=1S/C14H17ClN4O/c1-2-4-11(16)14(20)18-12-6-3-5-10(15)13(12)19-8-7-17-9-19/h3,5-9,11H,2,4,16H2,1H3,(H,18,20)/t11-/m1/s1. The maximum Gasteiger partial charge on any atom is 0.241 e. The molecule has 6 heteroatoms. The Morgan fingerprint density at radius 2 is 2.35 bits per heavy atom. The van der Waals surface area contributed by atoms with Crippen LogP contribution >= 0.6 is 11.6 Å². The maximum atomic E-state index is 12.0. The third-order valence-corrected chi connectivity index (χ3v) is 3.25. The molecule has 3 N–H and O–H groups in total. The van der Waals surface area contributed by atoms with E-state index in [1.165, 1.54) is 0 Å². The molecule has 0 radical (unpaired) electrons. The van der Waals surface area contributed by atoms with Gasteiger partial charge in [-0.3, -0.25) is 4.79 Å². The number of aromatic nitrogens is 2. The molecule has 2 aromatic rings. The van der Waals surface area contributed by atoms with Crippen molar-refractivity contribution in [2.24, 2.45) is 5.73 Å². The van der Waals surface area contributed by atoms with Gasteiger partial charge >= 0.3 is 0 Å². The van der Waals surface area contributed by atoms with Gasteiger partial charge in [0.15, 0.2) is 0 Å². The minimum absolute atomic E-state index is 0.213. The van der Waals surface area contributed by atoms with Gasteiger partial charge in [-0.25, -0.2) is 4.98 Å². The van der Waals surface area contributed by atoms with Crippen molar-refractivity contribution in [3.8, 4) is 5.69 Å². The second-order valence-electron chi connectivity index (χ2n) is 4.49. The zero-order chi connectivity index (χ0) is 14.5. The van der Waals surface area contributed by atoms with Crippen molar-refractivity contribution in [1.29, 1.82) is 0 Å². The van der Waals surface area contributed by atoms with E-state index < -0.39 is 6.04 Å². The topological polar surface area (TPSA) is 72.9 Å². The fraction of sp³-hybridized carbons (Fsp3) is 0.286. The molecular formula is C14H17ClN4O. The highest BCUT2D eigenvalue weighted by atomic mass is 35.5. The summed E-state index contributed by atoms with van der Waals surface area (Å²) in [5, 5.41) is 3.36. The van der Waals surface area contributed by atoms with Crippen LogP contribution in [0.4, 0.5) is 5.69 Å². The Morgan fingerprint density at radius 3 is 3.00 bits per heavy atom. The number of nitrogens with one attached hydrogen (secondary N) is 1. The molecule has 0 aliphatic heterocycles. The van der Waals surface area contributed by atoms with Crippen LogP contribution in [0.25, 0.3) is 5.69 Å². The van der Waals surface area contributed by atoms with Crippen LogP contribution in [0, 0.1) is 0 Å². The van der Waals surface area contributed by atoms with Crippen LogP contribution in [0.1, 0.15) is 19.8 Å². The molecule has 106 valence electrons. The van der Waals surface area contributed by atoms with Crippen LogP contribution in [0.2, 0.25) is 5.02 Å². The number of imidazole rings is 1. The number of para-hydroxylation sites is 1. The molecule has 0 bridgehead atoms. The summed E-state index contributed by atoms with van der Waals surface area (Å²) in [5.74, 6) is -0.213. The van der Waals surface area contributed by atoms with Gasteiger partial charge in [-0.05, 0) is 18.6 Å². The number of nitrogens with two attached hydrogens (primary N) is 1. The van der Waals surface area contributed by atoms with Crippen LogP contribution in [0.3, 0.4) is 0 Å². The maximum absolute atomic E-state index is 12.0. The van der Waals surface area contributed by atoms with Crippen molar-refractivity contribution in [1.82, 2.24) is 9.55 Å². The Kier molecular flexibility index (Phi) is 4.76. The van der Waals surface area contributed by atoms with Gasteiger partial charge in [0.1, 0.15) is 0 Å². The van der Waals surface area contributed by atoms with E-state index in [4.69, 9.17) is 17.3 Å². The molecule has 1 amide bonds. The zero-order valence-electron chi connectivity index (χ0n) is 11.2. The molecule has 0 fully saturated rings. The number of carbonyl (C=O) groups is 1. The normalized spacial score (nSPS) is 12.2. The first kappa shape index (κ1) is 14.6. The summed E-state index contributed by atoms with van der Waals surface area (Å²) >= 11 is 6.21. The summed E-state index contributed by atoms with van der Waals surface area (Å²) in [6, 6.07) is 4.81.